The fraction of sp³-hybridized carbons (Fsp3) is 0.364. The van der Waals surface area contributed by atoms with Crippen LogP contribution in [0, 0.1) is 11.7 Å². The third-order valence-electron chi connectivity index (χ3n) is 5.80. The Kier molecular flexibility index (Phi) is 6.30. The molecule has 174 valence electrons. The predicted octanol–water partition coefficient (Wildman–Crippen LogP) is 4.17. The largest absolute Gasteiger partial charge is 0.417 e. The van der Waals surface area contributed by atoms with Gasteiger partial charge in [0.2, 0.25) is 0 Å². The second-order valence-corrected chi connectivity index (χ2v) is 7.95. The van der Waals surface area contributed by atoms with E-state index in [4.69, 9.17) is 0 Å². The van der Waals surface area contributed by atoms with Gasteiger partial charge in [-0.2, -0.15) is 23.4 Å². The van der Waals surface area contributed by atoms with Crippen LogP contribution in [-0.2, 0) is 6.18 Å². The maximum atomic E-state index is 14.6. The summed E-state index contributed by atoms with van der Waals surface area (Å²) in [6, 6.07) is 6.18. The van der Waals surface area contributed by atoms with Gasteiger partial charge in [-0.25, -0.2) is 9.37 Å². The number of halogens is 4. The van der Waals surface area contributed by atoms with E-state index < -0.39 is 17.6 Å². The predicted molar refractivity (Wildman–Crippen MR) is 112 cm³/mol. The van der Waals surface area contributed by atoms with Crippen molar-refractivity contribution in [2.75, 3.05) is 18.4 Å². The van der Waals surface area contributed by atoms with Gasteiger partial charge in [0.15, 0.2) is 5.82 Å². The molecular weight excluding hydrogens is 440 g/mol. The molecule has 7 nitrogen and oxygen atoms in total. The number of anilines is 1. The molecule has 0 radical (unpaired) electrons. The number of rotatable bonds is 5. The van der Waals surface area contributed by atoms with E-state index >= 15 is 0 Å². The van der Waals surface area contributed by atoms with E-state index in [0.29, 0.717) is 6.54 Å². The van der Waals surface area contributed by atoms with Gasteiger partial charge in [-0.3, -0.25) is 4.79 Å². The minimum Gasteiger partial charge on any atom is -0.368 e. The lowest BCUT2D eigenvalue weighted by molar-refractivity contribution is -0.137. The Balaban J connectivity index is 1.56. The third-order valence-corrected chi connectivity index (χ3v) is 5.80. The van der Waals surface area contributed by atoms with Crippen LogP contribution in [0.1, 0.15) is 35.7 Å². The Morgan fingerprint density at radius 2 is 1.94 bits per heavy atom. The van der Waals surface area contributed by atoms with Gasteiger partial charge in [-0.1, -0.05) is 13.0 Å². The van der Waals surface area contributed by atoms with Crippen molar-refractivity contribution < 1.29 is 22.4 Å². The van der Waals surface area contributed by atoms with Crippen LogP contribution in [0.2, 0.25) is 0 Å². The first-order valence-electron chi connectivity index (χ1n) is 10.5. The number of nitrogens with one attached hydrogen (secondary N) is 1. The Bertz CT molecular complexity index is 1100. The van der Waals surface area contributed by atoms with Gasteiger partial charge in [0.25, 0.3) is 5.91 Å². The maximum absolute atomic E-state index is 14.6. The summed E-state index contributed by atoms with van der Waals surface area (Å²) in [6.07, 6.45) is 0.769. The first-order chi connectivity index (χ1) is 15.8. The summed E-state index contributed by atoms with van der Waals surface area (Å²) < 4.78 is 52.9. The molecule has 1 fully saturated rings. The van der Waals surface area contributed by atoms with Gasteiger partial charge in [0.1, 0.15) is 11.5 Å². The Morgan fingerprint density at radius 1 is 1.18 bits per heavy atom. The zero-order valence-electron chi connectivity index (χ0n) is 17.8. The van der Waals surface area contributed by atoms with Gasteiger partial charge < -0.3 is 10.2 Å². The number of aromatic nitrogens is 4. The Hall–Kier alpha value is -3.50. The van der Waals surface area contributed by atoms with E-state index in [1.165, 1.54) is 36.7 Å². The van der Waals surface area contributed by atoms with E-state index in [1.54, 1.807) is 4.90 Å². The summed E-state index contributed by atoms with van der Waals surface area (Å²) in [4.78, 5) is 20.1. The topological polar surface area (TPSA) is 75.9 Å². The third kappa shape index (κ3) is 4.81. The zero-order chi connectivity index (χ0) is 23.6. The minimum absolute atomic E-state index is 0.0261. The first kappa shape index (κ1) is 22.7. The van der Waals surface area contributed by atoms with E-state index in [2.05, 4.69) is 20.5 Å². The van der Waals surface area contributed by atoms with Crippen molar-refractivity contribution in [3.05, 3.63) is 65.9 Å². The molecular formula is C22H22F4N6O. The second-order valence-electron chi connectivity index (χ2n) is 7.95. The molecule has 1 aliphatic rings. The number of para-hydroxylation sites is 1. The van der Waals surface area contributed by atoms with Gasteiger partial charge >= 0.3 is 6.18 Å². The highest BCUT2D eigenvalue weighted by Crippen LogP contribution is 2.30. The lowest BCUT2D eigenvalue weighted by Crippen LogP contribution is -2.51. The molecule has 0 bridgehead atoms. The molecule has 3 heterocycles. The lowest BCUT2D eigenvalue weighted by Gasteiger charge is -2.40. The van der Waals surface area contributed by atoms with Crippen LogP contribution in [-0.4, -0.2) is 49.9 Å². The summed E-state index contributed by atoms with van der Waals surface area (Å²) in [5.41, 5.74) is -0.721. The molecule has 1 aromatic carbocycles. The molecule has 3 aromatic rings. The number of hydrogen-bond acceptors (Lipinski definition) is 5. The number of carbonyl (C=O) groups excluding carboxylic acids is 1. The lowest BCUT2D eigenvalue weighted by atomic mass is 9.90. The molecule has 2 aromatic heterocycles. The average molecular weight is 462 g/mol. The fourth-order valence-electron chi connectivity index (χ4n) is 4.06. The molecule has 4 rings (SSSR count). The molecule has 1 saturated heterocycles. The van der Waals surface area contributed by atoms with Crippen molar-refractivity contribution in [1.82, 2.24) is 24.9 Å². The standard InChI is InChI=1S/C22H22F4N6O/c1-14-4-3-11-31(18(14)13-28-19-8-7-15(12-27-19)22(24,25)26)21(33)16-5-2-6-17(23)20(16)32-29-9-10-30-32/h2,5-10,12,14,18H,3-4,11,13H2,1H3,(H,27,28)/t14-,18?/m1/s1. The Labute approximate surface area is 187 Å². The van der Waals surface area contributed by atoms with Crippen molar-refractivity contribution in [2.45, 2.75) is 32.0 Å². The van der Waals surface area contributed by atoms with E-state index in [-0.39, 0.29) is 41.5 Å². The number of pyridine rings is 1. The number of alkyl halides is 3. The second kappa shape index (κ2) is 9.16. The summed E-state index contributed by atoms with van der Waals surface area (Å²) in [5.74, 6) is -0.587. The molecule has 1 N–H and O–H groups in total. The van der Waals surface area contributed by atoms with Crippen molar-refractivity contribution in [3.63, 3.8) is 0 Å². The van der Waals surface area contributed by atoms with Crippen molar-refractivity contribution in [1.29, 1.82) is 0 Å². The number of likely N-dealkylation sites (tertiary alicyclic amines) is 1. The molecule has 1 unspecified atom stereocenters. The molecule has 11 heteroatoms. The smallest absolute Gasteiger partial charge is 0.368 e. The first-order valence-corrected chi connectivity index (χ1v) is 10.5. The zero-order valence-corrected chi connectivity index (χ0v) is 17.8. The molecule has 33 heavy (non-hydrogen) atoms. The van der Waals surface area contributed by atoms with Gasteiger partial charge in [-0.15, -0.1) is 4.80 Å². The van der Waals surface area contributed by atoms with Crippen LogP contribution in [0.25, 0.3) is 5.69 Å². The maximum Gasteiger partial charge on any atom is 0.417 e. The number of nitrogens with zero attached hydrogens (tertiary/aromatic N) is 5. The highest BCUT2D eigenvalue weighted by Gasteiger charge is 2.34. The molecule has 0 spiro atoms. The van der Waals surface area contributed by atoms with Crippen LogP contribution < -0.4 is 5.32 Å². The number of benzene rings is 1. The van der Waals surface area contributed by atoms with E-state index in [1.807, 2.05) is 6.92 Å². The van der Waals surface area contributed by atoms with Gasteiger partial charge in [-0.05, 0) is 43.0 Å². The molecule has 0 aliphatic carbocycles. The van der Waals surface area contributed by atoms with Crippen LogP contribution in [0.5, 0.6) is 0 Å². The summed E-state index contributed by atoms with van der Waals surface area (Å²) in [6.45, 7) is 2.77. The fourth-order valence-corrected chi connectivity index (χ4v) is 4.06. The highest BCUT2D eigenvalue weighted by molar-refractivity contribution is 5.98. The molecule has 1 aliphatic heterocycles. The minimum atomic E-state index is -4.46. The Morgan fingerprint density at radius 3 is 2.61 bits per heavy atom. The SMILES string of the molecule is C[C@@H]1CCCN(C(=O)c2cccc(F)c2-n2nccn2)C1CNc1ccc(C(F)(F)F)cn1. The number of piperidine rings is 1. The van der Waals surface area contributed by atoms with Gasteiger partial charge in [0, 0.05) is 19.3 Å². The van der Waals surface area contributed by atoms with Crippen molar-refractivity contribution >= 4 is 11.7 Å². The summed E-state index contributed by atoms with van der Waals surface area (Å²) in [5, 5.41) is 11.0. The normalized spacial score (nSPS) is 18.9. The van der Waals surface area contributed by atoms with Crippen molar-refractivity contribution in [2.24, 2.45) is 5.92 Å². The highest BCUT2D eigenvalue weighted by atomic mass is 19.4. The monoisotopic (exact) mass is 462 g/mol. The summed E-state index contributed by atoms with van der Waals surface area (Å²) >= 11 is 0. The van der Waals surface area contributed by atoms with Crippen molar-refractivity contribution in [3.8, 4) is 5.69 Å². The number of carbonyl (C=O) groups is 1. The van der Waals surface area contributed by atoms with E-state index in [0.717, 1.165) is 29.9 Å². The van der Waals surface area contributed by atoms with Gasteiger partial charge in [0.05, 0.1) is 29.6 Å². The molecule has 2 atom stereocenters. The average Bonchev–Trinajstić information content (AvgIpc) is 3.31. The van der Waals surface area contributed by atoms with Crippen LogP contribution in [0.3, 0.4) is 0 Å². The van der Waals surface area contributed by atoms with E-state index in [9.17, 15) is 22.4 Å². The van der Waals surface area contributed by atoms with Crippen LogP contribution >= 0.6 is 0 Å². The number of amides is 1. The summed E-state index contributed by atoms with van der Waals surface area (Å²) in [7, 11) is 0. The molecule has 0 saturated carbocycles. The molecule has 1 amide bonds. The number of hydrogen-bond donors (Lipinski definition) is 1. The van der Waals surface area contributed by atoms with Crippen LogP contribution in [0.15, 0.2) is 48.9 Å². The van der Waals surface area contributed by atoms with Crippen LogP contribution in [0.4, 0.5) is 23.4 Å². The quantitative estimate of drug-likeness (QED) is 0.576.